The molecule has 1 aromatic heterocycles. The van der Waals surface area contributed by atoms with Crippen molar-refractivity contribution >= 4 is 0 Å². The molecule has 1 aliphatic carbocycles. The fourth-order valence-electron chi connectivity index (χ4n) is 3.22. The first-order chi connectivity index (χ1) is 8.90. The third-order valence-electron chi connectivity index (χ3n) is 4.14. The fourth-order valence-corrected chi connectivity index (χ4v) is 3.22. The molecule has 2 aliphatic rings. The minimum atomic E-state index is 0.490. The molecule has 2 fully saturated rings. The minimum absolute atomic E-state index is 0.490. The van der Waals surface area contributed by atoms with Crippen LogP contribution in [0.4, 0.5) is 0 Å². The van der Waals surface area contributed by atoms with Gasteiger partial charge >= 0.3 is 0 Å². The second kappa shape index (κ2) is 5.36. The van der Waals surface area contributed by atoms with Crippen LogP contribution in [-0.2, 0) is 11.3 Å². The summed E-state index contributed by atoms with van der Waals surface area (Å²) in [5.41, 5.74) is 2.44. The molecule has 0 radical (unpaired) electrons. The van der Waals surface area contributed by atoms with Gasteiger partial charge in [0.15, 0.2) is 0 Å². The molecule has 1 saturated heterocycles. The van der Waals surface area contributed by atoms with Gasteiger partial charge in [-0.1, -0.05) is 18.1 Å². The molecule has 1 aromatic rings. The normalized spacial score (nSPS) is 25.1. The Hall–Kier alpha value is -0.940. The summed E-state index contributed by atoms with van der Waals surface area (Å²) in [5, 5.41) is 12.0. The van der Waals surface area contributed by atoms with E-state index in [4.69, 9.17) is 4.74 Å². The predicted molar refractivity (Wildman–Crippen MR) is 68.5 cm³/mol. The van der Waals surface area contributed by atoms with E-state index < -0.39 is 0 Å². The molecule has 5 heteroatoms. The van der Waals surface area contributed by atoms with Crippen LogP contribution < -0.4 is 5.32 Å². The quantitative estimate of drug-likeness (QED) is 0.882. The molecule has 18 heavy (non-hydrogen) atoms. The van der Waals surface area contributed by atoms with Crippen molar-refractivity contribution in [3.63, 3.8) is 0 Å². The topological polar surface area (TPSA) is 52.0 Å². The van der Waals surface area contributed by atoms with Gasteiger partial charge in [-0.15, -0.1) is 5.10 Å². The standard InChI is InChI=1S/C13H22N4O/c1-14-8-12-13(10-6-7-18-9-10)17(16-15-12)11-4-2-3-5-11/h10-11,14H,2-9H2,1H3. The maximum atomic E-state index is 5.54. The van der Waals surface area contributed by atoms with E-state index in [1.807, 2.05) is 7.05 Å². The van der Waals surface area contributed by atoms with E-state index in [0.29, 0.717) is 12.0 Å². The van der Waals surface area contributed by atoms with Crippen LogP contribution >= 0.6 is 0 Å². The Labute approximate surface area is 108 Å². The SMILES string of the molecule is CNCc1nnn(C2CCCC2)c1C1CCOC1. The maximum absolute atomic E-state index is 5.54. The van der Waals surface area contributed by atoms with Crippen LogP contribution in [0, 0.1) is 0 Å². The van der Waals surface area contributed by atoms with Crippen LogP contribution in [0.2, 0.25) is 0 Å². The molecule has 3 rings (SSSR count). The van der Waals surface area contributed by atoms with Crippen LogP contribution in [-0.4, -0.2) is 35.3 Å². The van der Waals surface area contributed by atoms with Gasteiger partial charge in [0.25, 0.3) is 0 Å². The highest BCUT2D eigenvalue weighted by Crippen LogP contribution is 2.34. The van der Waals surface area contributed by atoms with Gasteiger partial charge < -0.3 is 10.1 Å². The highest BCUT2D eigenvalue weighted by molar-refractivity contribution is 5.18. The number of hydrogen-bond acceptors (Lipinski definition) is 4. The fraction of sp³-hybridized carbons (Fsp3) is 0.846. The molecule has 1 unspecified atom stereocenters. The highest BCUT2D eigenvalue weighted by Gasteiger charge is 2.29. The Morgan fingerprint density at radius 3 is 2.83 bits per heavy atom. The molecule has 100 valence electrons. The van der Waals surface area contributed by atoms with Crippen LogP contribution in [0.1, 0.15) is 55.5 Å². The molecule has 2 heterocycles. The molecule has 1 saturated carbocycles. The van der Waals surface area contributed by atoms with Gasteiger partial charge in [-0.05, 0) is 26.3 Å². The van der Waals surface area contributed by atoms with Crippen molar-refractivity contribution in [2.75, 3.05) is 20.3 Å². The summed E-state index contributed by atoms with van der Waals surface area (Å²) >= 11 is 0. The molecular formula is C13H22N4O. The van der Waals surface area contributed by atoms with Gasteiger partial charge in [0.05, 0.1) is 18.3 Å². The monoisotopic (exact) mass is 250 g/mol. The van der Waals surface area contributed by atoms with Crippen molar-refractivity contribution in [2.45, 2.75) is 50.6 Å². The van der Waals surface area contributed by atoms with Crippen LogP contribution in [0.5, 0.6) is 0 Å². The Morgan fingerprint density at radius 1 is 1.33 bits per heavy atom. The number of rotatable bonds is 4. The first kappa shape index (κ1) is 12.1. The average Bonchev–Trinajstić information content (AvgIpc) is 3.10. The lowest BCUT2D eigenvalue weighted by Crippen LogP contribution is -2.16. The van der Waals surface area contributed by atoms with E-state index in [2.05, 4.69) is 20.3 Å². The van der Waals surface area contributed by atoms with Gasteiger partial charge in [0.1, 0.15) is 5.69 Å². The molecule has 0 amide bonds. The first-order valence-electron chi connectivity index (χ1n) is 7.06. The van der Waals surface area contributed by atoms with E-state index in [1.54, 1.807) is 0 Å². The lowest BCUT2D eigenvalue weighted by Gasteiger charge is -2.17. The Morgan fingerprint density at radius 2 is 2.17 bits per heavy atom. The molecule has 1 aliphatic heterocycles. The Balaban J connectivity index is 1.91. The molecule has 0 spiro atoms. The zero-order valence-corrected chi connectivity index (χ0v) is 11.1. The summed E-state index contributed by atoms with van der Waals surface area (Å²) in [5.74, 6) is 0.490. The number of aromatic nitrogens is 3. The van der Waals surface area contributed by atoms with Gasteiger partial charge in [-0.2, -0.15) is 0 Å². The van der Waals surface area contributed by atoms with E-state index in [-0.39, 0.29) is 0 Å². The van der Waals surface area contributed by atoms with Crippen molar-refractivity contribution < 1.29 is 4.74 Å². The average molecular weight is 250 g/mol. The van der Waals surface area contributed by atoms with E-state index in [1.165, 1.54) is 31.4 Å². The van der Waals surface area contributed by atoms with Crippen LogP contribution in [0.3, 0.4) is 0 Å². The van der Waals surface area contributed by atoms with Crippen molar-refractivity contribution in [3.05, 3.63) is 11.4 Å². The van der Waals surface area contributed by atoms with E-state index in [0.717, 1.165) is 31.9 Å². The van der Waals surface area contributed by atoms with Gasteiger partial charge in [-0.3, -0.25) is 0 Å². The molecule has 0 aromatic carbocycles. The van der Waals surface area contributed by atoms with Crippen LogP contribution in [0.15, 0.2) is 0 Å². The number of ether oxygens (including phenoxy) is 1. The zero-order chi connectivity index (χ0) is 12.4. The Bertz CT molecular complexity index is 392. The van der Waals surface area contributed by atoms with Crippen molar-refractivity contribution in [1.82, 2.24) is 20.3 Å². The molecule has 1 atom stereocenters. The third kappa shape index (κ3) is 2.17. The van der Waals surface area contributed by atoms with Crippen molar-refractivity contribution in [2.24, 2.45) is 0 Å². The predicted octanol–water partition coefficient (Wildman–Crippen LogP) is 1.62. The summed E-state index contributed by atoms with van der Waals surface area (Å²) in [6.45, 7) is 2.51. The number of nitrogens with zero attached hydrogens (tertiary/aromatic N) is 3. The van der Waals surface area contributed by atoms with Gasteiger partial charge in [0, 0.05) is 19.1 Å². The number of nitrogens with one attached hydrogen (secondary N) is 1. The second-order valence-electron chi connectivity index (χ2n) is 5.40. The Kier molecular flexibility index (Phi) is 3.61. The largest absolute Gasteiger partial charge is 0.381 e. The first-order valence-corrected chi connectivity index (χ1v) is 7.06. The lowest BCUT2D eigenvalue weighted by molar-refractivity contribution is 0.192. The van der Waals surface area contributed by atoms with E-state index in [9.17, 15) is 0 Å². The third-order valence-corrected chi connectivity index (χ3v) is 4.14. The summed E-state index contributed by atoms with van der Waals surface area (Å²) in [6, 6.07) is 0.568. The molecular weight excluding hydrogens is 228 g/mol. The summed E-state index contributed by atoms with van der Waals surface area (Å²) in [7, 11) is 1.96. The van der Waals surface area contributed by atoms with Gasteiger partial charge in [-0.25, -0.2) is 4.68 Å². The molecule has 0 bridgehead atoms. The van der Waals surface area contributed by atoms with Crippen molar-refractivity contribution in [1.29, 1.82) is 0 Å². The molecule has 5 nitrogen and oxygen atoms in total. The zero-order valence-electron chi connectivity index (χ0n) is 11.1. The summed E-state index contributed by atoms with van der Waals surface area (Å²) in [4.78, 5) is 0. The molecule has 1 N–H and O–H groups in total. The lowest BCUT2D eigenvalue weighted by atomic mass is 10.0. The van der Waals surface area contributed by atoms with Gasteiger partial charge in [0.2, 0.25) is 0 Å². The second-order valence-corrected chi connectivity index (χ2v) is 5.40. The maximum Gasteiger partial charge on any atom is 0.100 e. The summed E-state index contributed by atoms with van der Waals surface area (Å²) in [6.07, 6.45) is 6.27. The van der Waals surface area contributed by atoms with Crippen LogP contribution in [0.25, 0.3) is 0 Å². The number of hydrogen-bond donors (Lipinski definition) is 1. The summed E-state index contributed by atoms with van der Waals surface area (Å²) < 4.78 is 7.75. The highest BCUT2D eigenvalue weighted by atomic mass is 16.5. The van der Waals surface area contributed by atoms with E-state index >= 15 is 0 Å². The minimum Gasteiger partial charge on any atom is -0.381 e. The van der Waals surface area contributed by atoms with Crippen molar-refractivity contribution in [3.8, 4) is 0 Å². The smallest absolute Gasteiger partial charge is 0.100 e.